The minimum atomic E-state index is -1.07. The van der Waals surface area contributed by atoms with Crippen LogP contribution in [0, 0.1) is 5.41 Å². The number of hydrogen-bond donors (Lipinski definition) is 2. The van der Waals surface area contributed by atoms with Gasteiger partial charge in [-0.15, -0.1) is 0 Å². The molecule has 86 valence electrons. The third-order valence-corrected chi connectivity index (χ3v) is 4.63. The van der Waals surface area contributed by atoms with E-state index in [1.165, 1.54) is 0 Å². The second kappa shape index (κ2) is 3.96. The predicted octanol–water partition coefficient (Wildman–Crippen LogP) is 0.736. The van der Waals surface area contributed by atoms with E-state index in [4.69, 9.17) is 4.74 Å². The Morgan fingerprint density at radius 2 is 1.93 bits per heavy atom. The summed E-state index contributed by atoms with van der Waals surface area (Å²) in [5.41, 5.74) is -2.13. The zero-order valence-corrected chi connectivity index (χ0v) is 9.39. The first-order valence-corrected chi connectivity index (χ1v) is 6.37. The molecule has 2 aliphatic rings. The zero-order chi connectivity index (χ0) is 10.9. The van der Waals surface area contributed by atoms with Gasteiger partial charge in [0, 0.05) is 6.61 Å². The van der Waals surface area contributed by atoms with E-state index in [9.17, 15) is 15.0 Å². The Morgan fingerprint density at radius 3 is 2.40 bits per heavy atom. The van der Waals surface area contributed by atoms with Crippen molar-refractivity contribution in [2.45, 2.75) is 24.9 Å². The first-order chi connectivity index (χ1) is 7.11. The molecule has 1 atom stereocenters. The van der Waals surface area contributed by atoms with Crippen molar-refractivity contribution >= 4 is 17.7 Å². The highest BCUT2D eigenvalue weighted by Gasteiger charge is 2.58. The minimum Gasteiger partial charge on any atom is -0.481 e. The lowest BCUT2D eigenvalue weighted by Gasteiger charge is -2.43. The van der Waals surface area contributed by atoms with Gasteiger partial charge in [0.1, 0.15) is 5.41 Å². The van der Waals surface area contributed by atoms with E-state index < -0.39 is 17.0 Å². The lowest BCUT2D eigenvalue weighted by molar-refractivity contribution is -0.171. The molecule has 0 amide bonds. The molecule has 5 heteroatoms. The lowest BCUT2D eigenvalue weighted by Crippen LogP contribution is -2.55. The third kappa shape index (κ3) is 1.66. The maximum Gasteiger partial charge on any atom is 0.315 e. The van der Waals surface area contributed by atoms with Gasteiger partial charge in [-0.05, 0) is 30.8 Å². The average Bonchev–Trinajstić information content (AvgIpc) is 2.69. The van der Waals surface area contributed by atoms with Crippen LogP contribution in [0.3, 0.4) is 0 Å². The Kier molecular flexibility index (Phi) is 2.96. The van der Waals surface area contributed by atoms with Crippen molar-refractivity contribution < 1.29 is 19.7 Å². The molecule has 1 unspecified atom stereocenters. The lowest BCUT2D eigenvalue weighted by atomic mass is 9.68. The number of carboxylic acid groups (broad SMARTS) is 1. The number of thioether (sulfide) groups is 1. The molecule has 0 saturated carbocycles. The van der Waals surface area contributed by atoms with Crippen molar-refractivity contribution in [2.75, 3.05) is 24.7 Å². The Labute approximate surface area is 93.0 Å². The van der Waals surface area contributed by atoms with Gasteiger partial charge in [-0.3, -0.25) is 4.79 Å². The summed E-state index contributed by atoms with van der Waals surface area (Å²) in [5, 5.41) is 19.9. The van der Waals surface area contributed by atoms with Crippen molar-refractivity contribution in [2.24, 2.45) is 5.41 Å². The van der Waals surface area contributed by atoms with Crippen LogP contribution in [-0.4, -0.2) is 46.5 Å². The van der Waals surface area contributed by atoms with E-state index in [0.717, 1.165) is 11.5 Å². The van der Waals surface area contributed by atoms with Crippen molar-refractivity contribution in [3.63, 3.8) is 0 Å². The van der Waals surface area contributed by atoms with Crippen molar-refractivity contribution in [1.29, 1.82) is 0 Å². The fraction of sp³-hybridized carbons (Fsp3) is 0.900. The van der Waals surface area contributed by atoms with E-state index in [1.807, 2.05) is 0 Å². The Morgan fingerprint density at radius 1 is 1.27 bits per heavy atom. The monoisotopic (exact) mass is 232 g/mol. The second-order valence-corrected chi connectivity index (χ2v) is 5.56. The second-order valence-electron chi connectivity index (χ2n) is 4.33. The van der Waals surface area contributed by atoms with Gasteiger partial charge in [0.15, 0.2) is 0 Å². The van der Waals surface area contributed by atoms with Crippen LogP contribution in [0.15, 0.2) is 0 Å². The van der Waals surface area contributed by atoms with Gasteiger partial charge in [-0.1, -0.05) is 0 Å². The Bertz CT molecular complexity index is 254. The molecule has 0 bridgehead atoms. The van der Waals surface area contributed by atoms with Crippen LogP contribution >= 0.6 is 11.8 Å². The summed E-state index contributed by atoms with van der Waals surface area (Å²) in [5.74, 6) is 0.770. The molecule has 2 saturated heterocycles. The first-order valence-electron chi connectivity index (χ1n) is 5.22. The van der Waals surface area contributed by atoms with Crippen LogP contribution in [-0.2, 0) is 9.53 Å². The van der Waals surface area contributed by atoms with Gasteiger partial charge in [-0.2, -0.15) is 11.8 Å². The molecule has 2 N–H and O–H groups in total. The number of carbonyl (C=O) groups is 1. The van der Waals surface area contributed by atoms with E-state index in [1.54, 1.807) is 11.8 Å². The molecule has 2 aliphatic heterocycles. The minimum absolute atomic E-state index is 0.156. The van der Waals surface area contributed by atoms with E-state index in [2.05, 4.69) is 0 Å². The van der Waals surface area contributed by atoms with Gasteiger partial charge in [0.05, 0.1) is 12.2 Å². The van der Waals surface area contributed by atoms with E-state index in [-0.39, 0.29) is 6.61 Å². The summed E-state index contributed by atoms with van der Waals surface area (Å²) >= 11 is 1.77. The smallest absolute Gasteiger partial charge is 0.315 e. The van der Waals surface area contributed by atoms with Crippen LogP contribution in [0.1, 0.15) is 19.3 Å². The van der Waals surface area contributed by atoms with Crippen LogP contribution < -0.4 is 0 Å². The molecule has 0 aromatic carbocycles. The number of aliphatic hydroxyl groups is 1. The van der Waals surface area contributed by atoms with Gasteiger partial charge >= 0.3 is 5.97 Å². The van der Waals surface area contributed by atoms with Gasteiger partial charge in [0.2, 0.25) is 0 Å². The van der Waals surface area contributed by atoms with E-state index >= 15 is 0 Å². The van der Waals surface area contributed by atoms with Gasteiger partial charge in [-0.25, -0.2) is 0 Å². The molecule has 0 spiro atoms. The summed E-state index contributed by atoms with van der Waals surface area (Å²) in [6.07, 6.45) is 1.56. The number of hydrogen-bond acceptors (Lipinski definition) is 4. The quantitative estimate of drug-likeness (QED) is 0.735. The van der Waals surface area contributed by atoms with Crippen molar-refractivity contribution in [3.8, 4) is 0 Å². The summed E-state index contributed by atoms with van der Waals surface area (Å²) in [6, 6.07) is 0. The van der Waals surface area contributed by atoms with Crippen molar-refractivity contribution in [3.05, 3.63) is 0 Å². The molecule has 0 aromatic rings. The topological polar surface area (TPSA) is 66.8 Å². The molecular formula is C10H16O4S. The fourth-order valence-corrected chi connectivity index (χ4v) is 3.66. The number of aliphatic carboxylic acids is 1. The zero-order valence-electron chi connectivity index (χ0n) is 8.57. The molecular weight excluding hydrogens is 216 g/mol. The SMILES string of the molecule is O=C(O)C1(C2(O)CCSCC2)CCOC1. The largest absolute Gasteiger partial charge is 0.481 e. The summed E-state index contributed by atoms with van der Waals surface area (Å²) in [6.45, 7) is 0.602. The third-order valence-electron chi connectivity index (χ3n) is 3.64. The van der Waals surface area contributed by atoms with Crippen LogP contribution in [0.5, 0.6) is 0 Å². The number of carboxylic acids is 1. The van der Waals surface area contributed by atoms with Crippen molar-refractivity contribution in [1.82, 2.24) is 0 Å². The predicted molar refractivity (Wildman–Crippen MR) is 57.0 cm³/mol. The maximum atomic E-state index is 11.4. The highest BCUT2D eigenvalue weighted by Crippen LogP contribution is 2.46. The summed E-state index contributed by atoms with van der Waals surface area (Å²) < 4.78 is 5.19. The molecule has 2 fully saturated rings. The van der Waals surface area contributed by atoms with Crippen LogP contribution in [0.25, 0.3) is 0 Å². The van der Waals surface area contributed by atoms with Gasteiger partial charge in [0.25, 0.3) is 0 Å². The summed E-state index contributed by atoms with van der Waals surface area (Å²) in [7, 11) is 0. The molecule has 4 nitrogen and oxygen atoms in total. The highest BCUT2D eigenvalue weighted by atomic mass is 32.2. The Balaban J connectivity index is 2.26. The molecule has 0 radical (unpaired) electrons. The molecule has 2 rings (SSSR count). The number of rotatable bonds is 2. The molecule has 0 aliphatic carbocycles. The first kappa shape index (κ1) is 11.2. The molecule has 0 aromatic heterocycles. The fourth-order valence-electron chi connectivity index (χ4n) is 2.49. The highest BCUT2D eigenvalue weighted by molar-refractivity contribution is 7.99. The molecule has 2 heterocycles. The molecule has 15 heavy (non-hydrogen) atoms. The average molecular weight is 232 g/mol. The maximum absolute atomic E-state index is 11.4. The normalized spacial score (nSPS) is 35.3. The van der Waals surface area contributed by atoms with Crippen LogP contribution in [0.2, 0.25) is 0 Å². The van der Waals surface area contributed by atoms with E-state index in [0.29, 0.717) is 25.9 Å². The summed E-state index contributed by atoms with van der Waals surface area (Å²) in [4.78, 5) is 11.4. The Hall–Kier alpha value is -0.260. The number of ether oxygens (including phenoxy) is 1. The van der Waals surface area contributed by atoms with Crippen LogP contribution in [0.4, 0.5) is 0 Å². The standard InChI is InChI=1S/C10H16O4S/c11-8(12)9(1-4-14-7-9)10(13)2-5-15-6-3-10/h13H,1-7H2,(H,11,12). The van der Waals surface area contributed by atoms with Gasteiger partial charge < -0.3 is 14.9 Å².